The zero-order chi connectivity index (χ0) is 19.2. The summed E-state index contributed by atoms with van der Waals surface area (Å²) in [5.74, 6) is 0.954. The first kappa shape index (κ1) is 21.5. The molecule has 2 nitrogen and oxygen atoms in total. The summed E-state index contributed by atoms with van der Waals surface area (Å²) in [7, 11) is 0. The smallest absolute Gasteiger partial charge is 0.119 e. The number of aromatic nitrogens is 1. The van der Waals surface area contributed by atoms with Gasteiger partial charge in [0, 0.05) is 11.8 Å². The van der Waals surface area contributed by atoms with Crippen LogP contribution < -0.4 is 4.74 Å². The molecule has 0 radical (unpaired) electrons. The molecule has 2 aromatic rings. The highest BCUT2D eigenvalue weighted by Crippen LogP contribution is 2.21. The number of pyridine rings is 1. The van der Waals surface area contributed by atoms with Gasteiger partial charge in [0.25, 0.3) is 0 Å². The summed E-state index contributed by atoms with van der Waals surface area (Å²) in [4.78, 5) is 4.66. The summed E-state index contributed by atoms with van der Waals surface area (Å²) < 4.78 is 5.82. The van der Waals surface area contributed by atoms with Crippen molar-refractivity contribution >= 4 is 0 Å². The third-order valence-corrected chi connectivity index (χ3v) is 5.06. The Hall–Kier alpha value is -1.83. The maximum Gasteiger partial charge on any atom is 0.119 e. The zero-order valence-corrected chi connectivity index (χ0v) is 17.4. The van der Waals surface area contributed by atoms with E-state index in [0.29, 0.717) is 0 Å². The van der Waals surface area contributed by atoms with Crippen molar-refractivity contribution < 1.29 is 4.74 Å². The van der Waals surface area contributed by atoms with Gasteiger partial charge in [0.1, 0.15) is 5.75 Å². The maximum atomic E-state index is 5.82. The van der Waals surface area contributed by atoms with Crippen molar-refractivity contribution in [3.05, 3.63) is 48.2 Å². The molecule has 0 bridgehead atoms. The Morgan fingerprint density at radius 3 is 2.04 bits per heavy atom. The van der Waals surface area contributed by atoms with Gasteiger partial charge in [-0.05, 0) is 55.2 Å². The molecule has 148 valence electrons. The van der Waals surface area contributed by atoms with Crippen LogP contribution in [0.2, 0.25) is 0 Å². The standard InChI is InChI=1S/C25H37NO/c1-3-5-7-9-10-11-13-22-14-19-25(26-21-22)23-15-17-24(18-16-23)27-20-12-8-6-4-2/h14-19,21H,3-13,20H2,1-2H3. The molecule has 0 spiro atoms. The second-order valence-electron chi connectivity index (χ2n) is 7.50. The van der Waals surface area contributed by atoms with Crippen molar-refractivity contribution in [2.24, 2.45) is 0 Å². The molecule has 0 N–H and O–H groups in total. The van der Waals surface area contributed by atoms with Gasteiger partial charge in [-0.2, -0.15) is 0 Å². The van der Waals surface area contributed by atoms with Gasteiger partial charge < -0.3 is 4.74 Å². The van der Waals surface area contributed by atoms with E-state index in [-0.39, 0.29) is 0 Å². The molecule has 0 fully saturated rings. The average molecular weight is 368 g/mol. The summed E-state index contributed by atoms with van der Waals surface area (Å²) in [5.41, 5.74) is 3.54. The van der Waals surface area contributed by atoms with Crippen molar-refractivity contribution in [2.45, 2.75) is 84.5 Å². The minimum absolute atomic E-state index is 0.810. The van der Waals surface area contributed by atoms with Crippen LogP contribution in [0, 0.1) is 0 Å². The van der Waals surface area contributed by atoms with Gasteiger partial charge in [0.2, 0.25) is 0 Å². The monoisotopic (exact) mass is 367 g/mol. The predicted octanol–water partition coefficient (Wildman–Crippen LogP) is 7.61. The Kier molecular flexibility index (Phi) is 10.6. The summed E-state index contributed by atoms with van der Waals surface area (Å²) in [5, 5.41) is 0. The lowest BCUT2D eigenvalue weighted by atomic mass is 10.1. The number of nitrogens with zero attached hydrogens (tertiary/aromatic N) is 1. The third-order valence-electron chi connectivity index (χ3n) is 5.06. The molecular formula is C25H37NO. The molecule has 0 saturated heterocycles. The molecule has 0 aliphatic rings. The van der Waals surface area contributed by atoms with Gasteiger partial charge in [-0.15, -0.1) is 0 Å². The first-order valence-electron chi connectivity index (χ1n) is 11.0. The fraction of sp³-hybridized carbons (Fsp3) is 0.560. The molecule has 2 heteroatoms. The molecule has 0 aliphatic carbocycles. The van der Waals surface area contributed by atoms with Gasteiger partial charge in [0.05, 0.1) is 12.3 Å². The van der Waals surface area contributed by atoms with Crippen molar-refractivity contribution in [3.8, 4) is 17.0 Å². The molecule has 1 heterocycles. The number of hydrogen-bond donors (Lipinski definition) is 0. The van der Waals surface area contributed by atoms with E-state index in [1.165, 1.54) is 63.4 Å². The minimum atomic E-state index is 0.810. The number of rotatable bonds is 14. The fourth-order valence-corrected chi connectivity index (χ4v) is 3.29. The van der Waals surface area contributed by atoms with Crippen LogP contribution in [-0.4, -0.2) is 11.6 Å². The maximum absolute atomic E-state index is 5.82. The summed E-state index contributed by atoms with van der Waals surface area (Å²) >= 11 is 0. The van der Waals surface area contributed by atoms with Crippen molar-refractivity contribution in [1.29, 1.82) is 0 Å². The van der Waals surface area contributed by atoms with Crippen molar-refractivity contribution in [2.75, 3.05) is 6.61 Å². The quantitative estimate of drug-likeness (QED) is 0.320. The Labute approximate surface area is 166 Å². The highest BCUT2D eigenvalue weighted by molar-refractivity contribution is 5.60. The first-order chi connectivity index (χ1) is 13.3. The van der Waals surface area contributed by atoms with Gasteiger partial charge in [-0.1, -0.05) is 71.3 Å². The minimum Gasteiger partial charge on any atom is -0.494 e. The molecule has 1 aromatic carbocycles. The van der Waals surface area contributed by atoms with Gasteiger partial charge >= 0.3 is 0 Å². The third kappa shape index (κ3) is 8.60. The van der Waals surface area contributed by atoms with E-state index in [1.54, 1.807) is 0 Å². The molecule has 1 aromatic heterocycles. The van der Waals surface area contributed by atoms with Crippen molar-refractivity contribution in [3.63, 3.8) is 0 Å². The second kappa shape index (κ2) is 13.4. The topological polar surface area (TPSA) is 22.1 Å². The van der Waals surface area contributed by atoms with E-state index in [9.17, 15) is 0 Å². The highest BCUT2D eigenvalue weighted by Gasteiger charge is 2.02. The van der Waals surface area contributed by atoms with E-state index in [4.69, 9.17) is 4.74 Å². The lowest BCUT2D eigenvalue weighted by molar-refractivity contribution is 0.305. The van der Waals surface area contributed by atoms with Crippen LogP contribution in [0.25, 0.3) is 11.3 Å². The van der Waals surface area contributed by atoms with Crippen LogP contribution in [0.15, 0.2) is 42.6 Å². The van der Waals surface area contributed by atoms with Crippen molar-refractivity contribution in [1.82, 2.24) is 4.98 Å². The highest BCUT2D eigenvalue weighted by atomic mass is 16.5. The molecule has 2 rings (SSSR count). The Morgan fingerprint density at radius 1 is 0.704 bits per heavy atom. The average Bonchev–Trinajstić information content (AvgIpc) is 2.71. The van der Waals surface area contributed by atoms with Crippen LogP contribution >= 0.6 is 0 Å². The molecule has 0 atom stereocenters. The molecule has 0 amide bonds. The Bertz CT molecular complexity index is 603. The number of ether oxygens (including phenoxy) is 1. The van der Waals surface area contributed by atoms with E-state index >= 15 is 0 Å². The fourth-order valence-electron chi connectivity index (χ4n) is 3.29. The number of benzene rings is 1. The van der Waals surface area contributed by atoms with Crippen LogP contribution in [0.1, 0.15) is 83.6 Å². The number of hydrogen-bond acceptors (Lipinski definition) is 2. The van der Waals surface area contributed by atoms with Gasteiger partial charge in [-0.25, -0.2) is 0 Å². The van der Waals surface area contributed by atoms with Crippen LogP contribution in [0.4, 0.5) is 0 Å². The SMILES string of the molecule is CCCCCCCCc1ccc(-c2ccc(OCCCCCC)cc2)nc1. The summed E-state index contributed by atoms with van der Waals surface area (Å²) in [6.45, 7) is 5.31. The second-order valence-corrected chi connectivity index (χ2v) is 7.50. The molecule has 27 heavy (non-hydrogen) atoms. The summed E-state index contributed by atoms with van der Waals surface area (Å²) in [6, 6.07) is 12.7. The predicted molar refractivity (Wildman–Crippen MR) is 116 cm³/mol. The zero-order valence-electron chi connectivity index (χ0n) is 17.4. The number of unbranched alkanes of at least 4 members (excludes halogenated alkanes) is 8. The molecular weight excluding hydrogens is 330 g/mol. The van der Waals surface area contributed by atoms with E-state index in [1.807, 2.05) is 6.20 Å². The first-order valence-corrected chi connectivity index (χ1v) is 11.0. The van der Waals surface area contributed by atoms with Gasteiger partial charge in [-0.3, -0.25) is 4.98 Å². The normalized spacial score (nSPS) is 10.9. The summed E-state index contributed by atoms with van der Waals surface area (Å²) in [6.07, 6.45) is 16.2. The van der Waals surface area contributed by atoms with E-state index in [0.717, 1.165) is 36.5 Å². The Morgan fingerprint density at radius 2 is 1.37 bits per heavy atom. The van der Waals surface area contributed by atoms with Crippen LogP contribution in [0.5, 0.6) is 5.75 Å². The lowest BCUT2D eigenvalue weighted by Gasteiger charge is -2.08. The lowest BCUT2D eigenvalue weighted by Crippen LogP contribution is -1.97. The molecule has 0 aliphatic heterocycles. The largest absolute Gasteiger partial charge is 0.494 e. The van der Waals surface area contributed by atoms with Crippen LogP contribution in [-0.2, 0) is 6.42 Å². The van der Waals surface area contributed by atoms with E-state index in [2.05, 4.69) is 55.2 Å². The molecule has 0 saturated carbocycles. The molecule has 0 unspecified atom stereocenters. The number of aryl methyl sites for hydroxylation is 1. The van der Waals surface area contributed by atoms with E-state index < -0.39 is 0 Å². The van der Waals surface area contributed by atoms with Crippen LogP contribution in [0.3, 0.4) is 0 Å². The van der Waals surface area contributed by atoms with Gasteiger partial charge in [0.15, 0.2) is 0 Å². The Balaban J connectivity index is 1.74.